The van der Waals surface area contributed by atoms with Crippen molar-refractivity contribution in [1.82, 2.24) is 5.32 Å². The average Bonchev–Trinajstić information content (AvgIpc) is 2.99. The molecule has 0 aromatic heterocycles. The van der Waals surface area contributed by atoms with E-state index in [0.29, 0.717) is 13.0 Å². The van der Waals surface area contributed by atoms with E-state index >= 15 is 0 Å². The van der Waals surface area contributed by atoms with Gasteiger partial charge >= 0.3 is 5.97 Å². The first kappa shape index (κ1) is 12.7. The number of carbonyl (C=O) groups is 2. The van der Waals surface area contributed by atoms with E-state index in [1.165, 1.54) is 18.1 Å². The van der Waals surface area contributed by atoms with Gasteiger partial charge in [-0.3, -0.25) is 4.79 Å². The summed E-state index contributed by atoms with van der Waals surface area (Å²) in [6, 6.07) is -0.537. The summed E-state index contributed by atoms with van der Waals surface area (Å²) in [5.41, 5.74) is 2.60. The summed E-state index contributed by atoms with van der Waals surface area (Å²) in [5, 5.41) is 2.63. The van der Waals surface area contributed by atoms with Crippen molar-refractivity contribution in [2.75, 3.05) is 6.61 Å². The minimum absolute atomic E-state index is 0.202. The van der Waals surface area contributed by atoms with Crippen LogP contribution in [0.5, 0.6) is 0 Å². The maximum absolute atomic E-state index is 11.6. The normalized spacial score (nSPS) is 15.3. The number of rotatable bonds is 5. The highest BCUT2D eigenvalue weighted by molar-refractivity contribution is 5.83. The smallest absolute Gasteiger partial charge is 0.328 e. The molecule has 16 heavy (non-hydrogen) atoms. The molecule has 1 aliphatic carbocycles. The number of esters is 1. The molecular formula is C12H19NO3. The standard InChI is InChI=1S/C12H19NO3/c1-4-16-12(15)11(13-9(3)14)7-8(2)10-5-6-10/h11H,4-7H2,1-3H3,(H,13,14). The van der Waals surface area contributed by atoms with Gasteiger partial charge in [-0.05, 0) is 33.1 Å². The molecule has 1 aliphatic rings. The fourth-order valence-electron chi connectivity index (χ4n) is 1.62. The van der Waals surface area contributed by atoms with Crippen LogP contribution < -0.4 is 5.32 Å². The zero-order valence-electron chi connectivity index (χ0n) is 10.1. The monoisotopic (exact) mass is 225 g/mol. The molecule has 4 heteroatoms. The molecule has 0 bridgehead atoms. The average molecular weight is 225 g/mol. The molecular weight excluding hydrogens is 206 g/mol. The number of ether oxygens (including phenoxy) is 1. The molecule has 0 aromatic rings. The van der Waals surface area contributed by atoms with Gasteiger partial charge in [0.2, 0.25) is 5.91 Å². The topological polar surface area (TPSA) is 55.4 Å². The zero-order valence-corrected chi connectivity index (χ0v) is 10.1. The predicted molar refractivity (Wildman–Crippen MR) is 60.8 cm³/mol. The van der Waals surface area contributed by atoms with Gasteiger partial charge in [0.25, 0.3) is 0 Å². The van der Waals surface area contributed by atoms with E-state index in [4.69, 9.17) is 4.74 Å². The maximum Gasteiger partial charge on any atom is 0.328 e. The van der Waals surface area contributed by atoms with E-state index in [1.807, 2.05) is 6.92 Å². The summed E-state index contributed by atoms with van der Waals surface area (Å²) in [7, 11) is 0. The van der Waals surface area contributed by atoms with Gasteiger partial charge in [-0.1, -0.05) is 11.1 Å². The molecule has 1 unspecified atom stereocenters. The van der Waals surface area contributed by atoms with E-state index in [-0.39, 0.29) is 11.9 Å². The Bertz CT molecular complexity index is 314. The zero-order chi connectivity index (χ0) is 12.1. The van der Waals surface area contributed by atoms with Crippen molar-refractivity contribution in [3.63, 3.8) is 0 Å². The van der Waals surface area contributed by atoms with Crippen molar-refractivity contribution in [2.45, 2.75) is 46.1 Å². The highest BCUT2D eigenvalue weighted by Crippen LogP contribution is 2.33. The first-order valence-corrected chi connectivity index (χ1v) is 5.65. The van der Waals surface area contributed by atoms with Crippen LogP contribution in [0.1, 0.15) is 40.0 Å². The molecule has 1 saturated carbocycles. The van der Waals surface area contributed by atoms with E-state index < -0.39 is 6.04 Å². The minimum atomic E-state index is -0.537. The number of hydrogen-bond acceptors (Lipinski definition) is 3. The Balaban J connectivity index is 2.59. The molecule has 0 heterocycles. The summed E-state index contributed by atoms with van der Waals surface area (Å²) in [6.45, 7) is 5.52. The van der Waals surface area contributed by atoms with Crippen molar-refractivity contribution in [1.29, 1.82) is 0 Å². The molecule has 1 amide bonds. The summed E-state index contributed by atoms with van der Waals surface area (Å²) >= 11 is 0. The lowest BCUT2D eigenvalue weighted by Gasteiger charge is -2.16. The summed E-state index contributed by atoms with van der Waals surface area (Å²) in [6.07, 6.45) is 2.82. The SMILES string of the molecule is CCOC(=O)C(CC(C)=C1CC1)NC(C)=O. The van der Waals surface area contributed by atoms with Crippen LogP contribution >= 0.6 is 0 Å². The van der Waals surface area contributed by atoms with Crippen molar-refractivity contribution >= 4 is 11.9 Å². The molecule has 0 aliphatic heterocycles. The van der Waals surface area contributed by atoms with Crippen molar-refractivity contribution in [3.8, 4) is 0 Å². The minimum Gasteiger partial charge on any atom is -0.464 e. The molecule has 1 rings (SSSR count). The van der Waals surface area contributed by atoms with Gasteiger partial charge in [-0.15, -0.1) is 0 Å². The van der Waals surface area contributed by atoms with Crippen molar-refractivity contribution in [2.24, 2.45) is 0 Å². The Morgan fingerprint density at radius 3 is 2.44 bits per heavy atom. The lowest BCUT2D eigenvalue weighted by atomic mass is 10.1. The quantitative estimate of drug-likeness (QED) is 0.570. The third-order valence-corrected chi connectivity index (χ3v) is 2.56. The second-order valence-electron chi connectivity index (χ2n) is 4.09. The Morgan fingerprint density at radius 2 is 2.00 bits per heavy atom. The number of hydrogen-bond donors (Lipinski definition) is 1. The first-order valence-electron chi connectivity index (χ1n) is 5.65. The summed E-state index contributed by atoms with van der Waals surface area (Å²) < 4.78 is 4.93. The van der Waals surface area contributed by atoms with Gasteiger partial charge in [0, 0.05) is 6.92 Å². The van der Waals surface area contributed by atoms with Crippen LogP contribution in [-0.2, 0) is 14.3 Å². The number of amides is 1. The Morgan fingerprint density at radius 1 is 1.38 bits per heavy atom. The highest BCUT2D eigenvalue weighted by Gasteiger charge is 2.24. The second-order valence-corrected chi connectivity index (χ2v) is 4.09. The molecule has 0 saturated heterocycles. The fourth-order valence-corrected chi connectivity index (χ4v) is 1.62. The number of nitrogens with one attached hydrogen (secondary N) is 1. The van der Waals surface area contributed by atoms with Gasteiger partial charge in [0.15, 0.2) is 0 Å². The molecule has 1 atom stereocenters. The van der Waals surface area contributed by atoms with Gasteiger partial charge in [-0.25, -0.2) is 4.79 Å². The van der Waals surface area contributed by atoms with Crippen LogP contribution in [0.25, 0.3) is 0 Å². The molecule has 0 spiro atoms. The van der Waals surface area contributed by atoms with Crippen LogP contribution in [0, 0.1) is 0 Å². The Hall–Kier alpha value is -1.32. The molecule has 90 valence electrons. The van der Waals surface area contributed by atoms with Gasteiger partial charge in [0.1, 0.15) is 6.04 Å². The molecule has 4 nitrogen and oxygen atoms in total. The van der Waals surface area contributed by atoms with Gasteiger partial charge in [-0.2, -0.15) is 0 Å². The lowest BCUT2D eigenvalue weighted by Crippen LogP contribution is -2.40. The van der Waals surface area contributed by atoms with E-state index in [0.717, 1.165) is 12.8 Å². The molecule has 1 fully saturated rings. The molecule has 0 radical (unpaired) electrons. The fraction of sp³-hybridized carbons (Fsp3) is 0.667. The molecule has 0 aromatic carbocycles. The Kier molecular flexibility index (Phi) is 4.52. The van der Waals surface area contributed by atoms with Crippen LogP contribution in [0.15, 0.2) is 11.1 Å². The third-order valence-electron chi connectivity index (χ3n) is 2.56. The Labute approximate surface area is 96.0 Å². The van der Waals surface area contributed by atoms with Crippen LogP contribution in [-0.4, -0.2) is 24.5 Å². The second kappa shape index (κ2) is 5.68. The first-order chi connectivity index (χ1) is 7.54. The van der Waals surface area contributed by atoms with E-state index in [9.17, 15) is 9.59 Å². The van der Waals surface area contributed by atoms with Crippen molar-refractivity contribution in [3.05, 3.63) is 11.1 Å². The maximum atomic E-state index is 11.6. The predicted octanol–water partition coefficient (Wildman–Crippen LogP) is 1.55. The highest BCUT2D eigenvalue weighted by atomic mass is 16.5. The summed E-state index contributed by atoms with van der Waals surface area (Å²) in [5.74, 6) is -0.551. The van der Waals surface area contributed by atoms with Crippen LogP contribution in [0.3, 0.4) is 0 Å². The largest absolute Gasteiger partial charge is 0.464 e. The number of allylic oxidation sites excluding steroid dienone is 1. The van der Waals surface area contributed by atoms with Gasteiger partial charge < -0.3 is 10.1 Å². The molecule has 1 N–H and O–H groups in total. The van der Waals surface area contributed by atoms with Crippen LogP contribution in [0.2, 0.25) is 0 Å². The van der Waals surface area contributed by atoms with Crippen molar-refractivity contribution < 1.29 is 14.3 Å². The van der Waals surface area contributed by atoms with Gasteiger partial charge in [0.05, 0.1) is 6.61 Å². The lowest BCUT2D eigenvalue weighted by molar-refractivity contribution is -0.147. The van der Waals surface area contributed by atoms with E-state index in [2.05, 4.69) is 5.32 Å². The summed E-state index contributed by atoms with van der Waals surface area (Å²) in [4.78, 5) is 22.6. The third kappa shape index (κ3) is 4.04. The number of carbonyl (C=O) groups excluding carboxylic acids is 2. The van der Waals surface area contributed by atoms with E-state index in [1.54, 1.807) is 6.92 Å². The van der Waals surface area contributed by atoms with Crippen LogP contribution in [0.4, 0.5) is 0 Å².